The molecule has 18 heavy (non-hydrogen) atoms. The number of nitrogens with one attached hydrogen (secondary N) is 1. The zero-order valence-corrected chi connectivity index (χ0v) is 12.6. The largest absolute Gasteiger partial charge is 0.480 e. The highest BCUT2D eigenvalue weighted by atomic mass is 28.3. The summed E-state index contributed by atoms with van der Waals surface area (Å²) in [5, 5.41) is 12.3. The number of carboxylic acids is 1. The summed E-state index contributed by atoms with van der Waals surface area (Å²) in [6.07, 6.45) is 0.962. The summed E-state index contributed by atoms with van der Waals surface area (Å²) in [6.45, 7) is 12.2. The smallest absolute Gasteiger partial charge is 0.322 e. The maximum absolute atomic E-state index is 11.2. The maximum atomic E-state index is 11.2. The minimum atomic E-state index is -1.19. The summed E-state index contributed by atoms with van der Waals surface area (Å²) in [5.74, 6) is -0.704. The lowest BCUT2D eigenvalue weighted by Gasteiger charge is -2.43. The van der Waals surface area contributed by atoms with E-state index in [0.29, 0.717) is 0 Å². The van der Waals surface area contributed by atoms with Crippen molar-refractivity contribution >= 4 is 14.2 Å². The number of carbonyl (C=O) groups is 1. The number of rotatable bonds is 3. The van der Waals surface area contributed by atoms with Crippen LogP contribution < -0.4 is 5.32 Å². The molecular formula is C12H25N3O2Si. The van der Waals surface area contributed by atoms with Crippen LogP contribution in [-0.2, 0) is 4.79 Å². The summed E-state index contributed by atoms with van der Waals surface area (Å²) >= 11 is 0. The van der Waals surface area contributed by atoms with Crippen LogP contribution in [0.4, 0.5) is 0 Å². The van der Waals surface area contributed by atoms with Crippen LogP contribution in [0.15, 0.2) is 0 Å². The van der Waals surface area contributed by atoms with Crippen LogP contribution in [0.1, 0.15) is 6.42 Å². The molecule has 0 radical (unpaired) electrons. The molecule has 0 bridgehead atoms. The number of hydrogen-bond donors (Lipinski definition) is 2. The first kappa shape index (κ1) is 14.0. The molecular weight excluding hydrogens is 246 g/mol. The second kappa shape index (κ2) is 5.28. The van der Waals surface area contributed by atoms with Crippen LogP contribution in [0.25, 0.3) is 0 Å². The minimum absolute atomic E-state index is 0.186. The third-order valence-corrected chi connectivity index (χ3v) is 6.53. The van der Waals surface area contributed by atoms with Gasteiger partial charge >= 0.3 is 5.97 Å². The van der Waals surface area contributed by atoms with Crippen LogP contribution in [0, 0.1) is 0 Å². The number of aliphatic carboxylic acids is 1. The average molecular weight is 271 g/mol. The second-order valence-corrected chi connectivity index (χ2v) is 11.3. The molecule has 2 aliphatic heterocycles. The summed E-state index contributed by atoms with van der Waals surface area (Å²) in [7, 11) is -1.19. The summed E-state index contributed by atoms with van der Waals surface area (Å²) in [6, 6.07) is -0.185. The summed E-state index contributed by atoms with van der Waals surface area (Å²) in [4.78, 5) is 13.6. The van der Waals surface area contributed by atoms with Gasteiger partial charge in [-0.1, -0.05) is 19.6 Å². The van der Waals surface area contributed by atoms with Gasteiger partial charge in [0.1, 0.15) is 14.3 Å². The third kappa shape index (κ3) is 2.93. The van der Waals surface area contributed by atoms with Crippen LogP contribution in [0.2, 0.25) is 19.6 Å². The normalized spacial score (nSPS) is 31.7. The molecule has 0 spiro atoms. The third-order valence-electron chi connectivity index (χ3n) is 4.19. The number of nitrogens with zero attached hydrogens (tertiary/aromatic N) is 2. The van der Waals surface area contributed by atoms with Crippen molar-refractivity contribution in [2.75, 3.05) is 32.7 Å². The van der Waals surface area contributed by atoms with Crippen LogP contribution in [-0.4, -0.2) is 73.6 Å². The fraction of sp³-hybridized carbons (Fsp3) is 0.917. The van der Waals surface area contributed by atoms with Crippen LogP contribution in [0.5, 0.6) is 0 Å². The Morgan fingerprint density at radius 2 is 1.83 bits per heavy atom. The van der Waals surface area contributed by atoms with E-state index in [1.54, 1.807) is 0 Å². The van der Waals surface area contributed by atoms with E-state index >= 15 is 0 Å². The molecule has 5 nitrogen and oxygen atoms in total. The monoisotopic (exact) mass is 271 g/mol. The molecule has 2 N–H and O–H groups in total. The summed E-state index contributed by atoms with van der Waals surface area (Å²) in [5.41, 5.74) is 0. The lowest BCUT2D eigenvalue weighted by Crippen LogP contribution is -2.59. The molecule has 0 saturated carbocycles. The zero-order chi connectivity index (χ0) is 13.3. The Hall–Kier alpha value is -0.433. The van der Waals surface area contributed by atoms with Gasteiger partial charge in [-0.05, 0) is 13.0 Å². The second-order valence-electron chi connectivity index (χ2n) is 6.32. The molecule has 2 heterocycles. The van der Waals surface area contributed by atoms with Gasteiger partial charge < -0.3 is 15.0 Å². The molecule has 2 fully saturated rings. The van der Waals surface area contributed by atoms with E-state index in [9.17, 15) is 9.90 Å². The lowest BCUT2D eigenvalue weighted by atomic mass is 10.1. The highest BCUT2D eigenvalue weighted by Crippen LogP contribution is 2.20. The van der Waals surface area contributed by atoms with Gasteiger partial charge in [0.25, 0.3) is 0 Å². The van der Waals surface area contributed by atoms with Gasteiger partial charge in [-0.25, -0.2) is 0 Å². The lowest BCUT2D eigenvalue weighted by molar-refractivity contribution is -0.140. The number of piperazine rings is 1. The standard InChI is InChI=1S/C12H25N3O2Si/c1-18(2,3)15-8-6-14(7-9-15)10-4-5-13-11(10)12(16)17/h10-11,13H,4-9H2,1-3H3,(H,16,17)/t10?,11-/m0/s1. The maximum Gasteiger partial charge on any atom is 0.322 e. The quantitative estimate of drug-likeness (QED) is 0.721. The van der Waals surface area contributed by atoms with E-state index in [2.05, 4.69) is 34.4 Å². The molecule has 2 atom stereocenters. The van der Waals surface area contributed by atoms with Crippen molar-refractivity contribution in [3.63, 3.8) is 0 Å². The highest BCUT2D eigenvalue weighted by molar-refractivity contribution is 6.73. The van der Waals surface area contributed by atoms with Crippen LogP contribution >= 0.6 is 0 Å². The van der Waals surface area contributed by atoms with Crippen molar-refractivity contribution in [1.29, 1.82) is 0 Å². The van der Waals surface area contributed by atoms with E-state index < -0.39 is 14.2 Å². The van der Waals surface area contributed by atoms with Gasteiger partial charge in [-0.15, -0.1) is 0 Å². The predicted octanol–water partition coefficient (Wildman–Crippen LogP) is 0.254. The Kier molecular flexibility index (Phi) is 4.10. The summed E-state index contributed by atoms with van der Waals surface area (Å²) < 4.78 is 2.61. The van der Waals surface area contributed by atoms with Gasteiger partial charge in [0, 0.05) is 32.2 Å². The molecule has 0 aromatic rings. The van der Waals surface area contributed by atoms with Gasteiger partial charge in [-0.3, -0.25) is 9.69 Å². The van der Waals surface area contributed by atoms with Crippen molar-refractivity contribution in [2.24, 2.45) is 0 Å². The van der Waals surface area contributed by atoms with Gasteiger partial charge in [-0.2, -0.15) is 0 Å². The average Bonchev–Trinajstić information content (AvgIpc) is 2.77. The molecule has 0 aromatic carbocycles. The van der Waals surface area contributed by atoms with Crippen molar-refractivity contribution in [2.45, 2.75) is 38.1 Å². The van der Waals surface area contributed by atoms with Crippen molar-refractivity contribution in [3.8, 4) is 0 Å². The molecule has 2 saturated heterocycles. The Morgan fingerprint density at radius 3 is 2.33 bits per heavy atom. The molecule has 6 heteroatoms. The SMILES string of the molecule is C[Si](C)(C)N1CCN(C2CCN[C@@H]2C(=O)O)CC1. The van der Waals surface area contributed by atoms with E-state index in [1.165, 1.54) is 0 Å². The fourth-order valence-electron chi connectivity index (χ4n) is 3.06. The van der Waals surface area contributed by atoms with Gasteiger partial charge in [0.05, 0.1) is 0 Å². The first-order valence-corrected chi connectivity index (χ1v) is 10.3. The van der Waals surface area contributed by atoms with Crippen LogP contribution in [0.3, 0.4) is 0 Å². The fourth-order valence-corrected chi connectivity index (χ4v) is 4.60. The van der Waals surface area contributed by atoms with Crippen molar-refractivity contribution in [3.05, 3.63) is 0 Å². The highest BCUT2D eigenvalue weighted by Gasteiger charge is 2.38. The molecule has 0 amide bonds. The molecule has 0 aliphatic carbocycles. The first-order valence-electron chi connectivity index (χ1n) is 6.85. The Bertz CT molecular complexity index is 311. The van der Waals surface area contributed by atoms with Gasteiger partial charge in [0.2, 0.25) is 0 Å². The number of hydrogen-bond acceptors (Lipinski definition) is 4. The van der Waals surface area contributed by atoms with Gasteiger partial charge in [0.15, 0.2) is 0 Å². The van der Waals surface area contributed by atoms with E-state index in [4.69, 9.17) is 0 Å². The Morgan fingerprint density at radius 1 is 1.22 bits per heavy atom. The molecule has 2 rings (SSSR count). The Balaban J connectivity index is 1.91. The topological polar surface area (TPSA) is 55.8 Å². The van der Waals surface area contributed by atoms with E-state index in [0.717, 1.165) is 39.1 Å². The minimum Gasteiger partial charge on any atom is -0.480 e. The number of carboxylic acid groups (broad SMARTS) is 1. The first-order chi connectivity index (χ1) is 8.39. The van der Waals surface area contributed by atoms with E-state index in [1.807, 2.05) is 0 Å². The Labute approximate surface area is 110 Å². The zero-order valence-electron chi connectivity index (χ0n) is 11.6. The van der Waals surface area contributed by atoms with Crippen molar-refractivity contribution in [1.82, 2.24) is 14.8 Å². The molecule has 104 valence electrons. The molecule has 2 aliphatic rings. The molecule has 0 aromatic heterocycles. The van der Waals surface area contributed by atoms with E-state index in [-0.39, 0.29) is 12.1 Å². The van der Waals surface area contributed by atoms with Crippen molar-refractivity contribution < 1.29 is 9.90 Å². The predicted molar refractivity (Wildman–Crippen MR) is 74.3 cm³/mol. The molecule has 1 unspecified atom stereocenters.